The Labute approximate surface area is 95.8 Å². The van der Waals surface area contributed by atoms with Crippen LogP contribution >= 0.6 is 0 Å². The van der Waals surface area contributed by atoms with E-state index in [4.69, 9.17) is 0 Å². The van der Waals surface area contributed by atoms with E-state index in [0.29, 0.717) is 5.56 Å². The topological polar surface area (TPSA) is 51.2 Å². The van der Waals surface area contributed by atoms with Crippen molar-refractivity contribution < 1.29 is 22.7 Å². The molecule has 0 aliphatic carbocycles. The van der Waals surface area contributed by atoms with E-state index >= 15 is 0 Å². The van der Waals surface area contributed by atoms with Crippen molar-refractivity contribution in [2.45, 2.75) is 19.6 Å². The van der Waals surface area contributed by atoms with Crippen LogP contribution < -0.4 is 10.1 Å². The summed E-state index contributed by atoms with van der Waals surface area (Å²) in [5, 5.41) is 2.46. The summed E-state index contributed by atoms with van der Waals surface area (Å²) < 4.78 is 40.4. The molecule has 1 rings (SSSR count). The Kier molecular flexibility index (Phi) is 4.30. The normalized spacial score (nSPS) is 11.1. The van der Waals surface area contributed by atoms with Gasteiger partial charge in [0.25, 0.3) is 0 Å². The Hall–Kier alpha value is -1.79. The maximum Gasteiger partial charge on any atom is 0.422 e. The number of rotatable bonds is 4. The van der Waals surface area contributed by atoms with Gasteiger partial charge in [0.05, 0.1) is 0 Å². The average molecular weight is 248 g/mol. The number of amides is 1. The van der Waals surface area contributed by atoms with E-state index in [2.05, 4.69) is 15.0 Å². The fourth-order valence-corrected chi connectivity index (χ4v) is 1.06. The summed E-state index contributed by atoms with van der Waals surface area (Å²) >= 11 is 0. The number of nitrogens with zero attached hydrogens (tertiary/aromatic N) is 1. The summed E-state index contributed by atoms with van der Waals surface area (Å²) in [5.41, 5.74) is 0.395. The van der Waals surface area contributed by atoms with Crippen LogP contribution in [0, 0.1) is 0 Å². The molecule has 1 aromatic heterocycles. The molecular formula is C10H11F3N2O2. The van der Waals surface area contributed by atoms with E-state index in [1.165, 1.54) is 19.2 Å². The van der Waals surface area contributed by atoms with Gasteiger partial charge < -0.3 is 10.1 Å². The van der Waals surface area contributed by atoms with Crippen molar-refractivity contribution in [3.63, 3.8) is 0 Å². The maximum atomic E-state index is 12.0. The van der Waals surface area contributed by atoms with Crippen molar-refractivity contribution in [2.24, 2.45) is 0 Å². The third kappa shape index (κ3) is 5.19. The maximum absolute atomic E-state index is 12.0. The molecule has 0 aliphatic rings. The Balaban J connectivity index is 2.67. The van der Waals surface area contributed by atoms with Gasteiger partial charge in [-0.3, -0.25) is 4.79 Å². The Morgan fingerprint density at radius 3 is 2.82 bits per heavy atom. The third-order valence-electron chi connectivity index (χ3n) is 1.75. The number of nitrogens with one attached hydrogen (secondary N) is 1. The van der Waals surface area contributed by atoms with Gasteiger partial charge in [0.15, 0.2) is 6.61 Å². The average Bonchev–Trinajstić information content (AvgIpc) is 2.23. The van der Waals surface area contributed by atoms with Crippen molar-refractivity contribution >= 4 is 5.91 Å². The second-order valence-electron chi connectivity index (χ2n) is 3.28. The van der Waals surface area contributed by atoms with E-state index in [1.54, 1.807) is 6.07 Å². The predicted octanol–water partition coefficient (Wildman–Crippen LogP) is 1.66. The van der Waals surface area contributed by atoms with Gasteiger partial charge in [-0.2, -0.15) is 13.2 Å². The lowest BCUT2D eigenvalue weighted by molar-refractivity contribution is -0.154. The summed E-state index contributed by atoms with van der Waals surface area (Å²) in [5.74, 6) is -0.408. The fourth-order valence-electron chi connectivity index (χ4n) is 1.06. The Morgan fingerprint density at radius 2 is 2.24 bits per heavy atom. The molecular weight excluding hydrogens is 237 g/mol. The molecule has 0 atom stereocenters. The number of carbonyl (C=O) groups excluding carboxylic acids is 1. The first-order chi connectivity index (χ1) is 7.88. The fraction of sp³-hybridized carbons (Fsp3) is 0.400. The lowest BCUT2D eigenvalue weighted by Crippen LogP contribution is -2.22. The molecule has 17 heavy (non-hydrogen) atoms. The van der Waals surface area contributed by atoms with Crippen LogP contribution in [0.15, 0.2) is 18.3 Å². The van der Waals surface area contributed by atoms with Gasteiger partial charge in [0.2, 0.25) is 11.8 Å². The molecule has 0 fully saturated rings. The molecule has 1 N–H and O–H groups in total. The highest BCUT2D eigenvalue weighted by Gasteiger charge is 2.29. The molecule has 0 saturated heterocycles. The van der Waals surface area contributed by atoms with Crippen molar-refractivity contribution in [3.8, 4) is 5.88 Å². The molecule has 0 unspecified atom stereocenters. The van der Waals surface area contributed by atoms with Gasteiger partial charge in [0, 0.05) is 25.2 Å². The minimum Gasteiger partial charge on any atom is -0.468 e. The van der Waals surface area contributed by atoms with Crippen LogP contribution in [0.3, 0.4) is 0 Å². The molecule has 0 saturated carbocycles. The number of hydrogen-bond acceptors (Lipinski definition) is 3. The number of pyridine rings is 1. The minimum absolute atomic E-state index is 0.0797. The number of halogens is 3. The van der Waals surface area contributed by atoms with Crippen molar-refractivity contribution in [3.05, 3.63) is 23.9 Å². The molecule has 0 radical (unpaired) electrons. The van der Waals surface area contributed by atoms with Crippen LogP contribution in [0.4, 0.5) is 13.2 Å². The molecule has 1 heterocycles. The molecule has 0 bridgehead atoms. The summed E-state index contributed by atoms with van der Waals surface area (Å²) in [6.45, 7) is -0.0138. The number of carbonyl (C=O) groups is 1. The van der Waals surface area contributed by atoms with Gasteiger partial charge >= 0.3 is 6.18 Å². The second kappa shape index (κ2) is 5.51. The van der Waals surface area contributed by atoms with Gasteiger partial charge in [-0.25, -0.2) is 4.98 Å². The van der Waals surface area contributed by atoms with Crippen molar-refractivity contribution in [2.75, 3.05) is 6.61 Å². The SMILES string of the molecule is CC(=O)NCc1cccnc1OCC(F)(F)F. The summed E-state index contributed by atoms with van der Waals surface area (Å²) in [7, 11) is 0. The smallest absolute Gasteiger partial charge is 0.422 e. The Morgan fingerprint density at radius 1 is 1.53 bits per heavy atom. The molecule has 4 nitrogen and oxygen atoms in total. The highest BCUT2D eigenvalue weighted by Crippen LogP contribution is 2.19. The highest BCUT2D eigenvalue weighted by atomic mass is 19.4. The van der Waals surface area contributed by atoms with Crippen LogP contribution in [0.2, 0.25) is 0 Å². The van der Waals surface area contributed by atoms with E-state index in [1.807, 2.05) is 0 Å². The van der Waals surface area contributed by atoms with Crippen molar-refractivity contribution in [1.82, 2.24) is 10.3 Å². The molecule has 94 valence electrons. The quantitative estimate of drug-likeness (QED) is 0.881. The molecule has 0 aromatic carbocycles. The van der Waals surface area contributed by atoms with Gasteiger partial charge in [-0.1, -0.05) is 6.07 Å². The molecule has 0 spiro atoms. The van der Waals surface area contributed by atoms with E-state index < -0.39 is 12.8 Å². The first-order valence-electron chi connectivity index (χ1n) is 4.76. The lowest BCUT2D eigenvalue weighted by atomic mass is 10.2. The first-order valence-corrected chi connectivity index (χ1v) is 4.76. The van der Waals surface area contributed by atoms with Crippen LogP contribution in [0.25, 0.3) is 0 Å². The standard InChI is InChI=1S/C10H11F3N2O2/c1-7(16)15-5-8-3-2-4-14-9(8)17-6-10(11,12)13/h2-4H,5-6H2,1H3,(H,15,16). The minimum atomic E-state index is -4.41. The van der Waals surface area contributed by atoms with Gasteiger partial charge in [-0.05, 0) is 6.07 Å². The summed E-state index contributed by atoms with van der Waals surface area (Å²) in [4.78, 5) is 14.4. The second-order valence-corrected chi connectivity index (χ2v) is 3.28. The largest absolute Gasteiger partial charge is 0.468 e. The number of aromatic nitrogens is 1. The lowest BCUT2D eigenvalue weighted by Gasteiger charge is -2.11. The van der Waals surface area contributed by atoms with Crippen LogP contribution in [-0.2, 0) is 11.3 Å². The highest BCUT2D eigenvalue weighted by molar-refractivity contribution is 5.72. The number of hydrogen-bond donors (Lipinski definition) is 1. The van der Waals surface area contributed by atoms with E-state index in [0.717, 1.165) is 0 Å². The molecule has 0 aliphatic heterocycles. The third-order valence-corrected chi connectivity index (χ3v) is 1.75. The van der Waals surface area contributed by atoms with Crippen LogP contribution in [0.5, 0.6) is 5.88 Å². The number of alkyl halides is 3. The zero-order valence-corrected chi connectivity index (χ0v) is 9.04. The first kappa shape index (κ1) is 13.3. The summed E-state index contributed by atoms with van der Waals surface area (Å²) in [6.07, 6.45) is -3.09. The zero-order chi connectivity index (χ0) is 12.9. The van der Waals surface area contributed by atoms with Gasteiger partial charge in [-0.15, -0.1) is 0 Å². The monoisotopic (exact) mass is 248 g/mol. The number of ether oxygens (including phenoxy) is 1. The van der Waals surface area contributed by atoms with E-state index in [-0.39, 0.29) is 18.3 Å². The molecule has 1 amide bonds. The molecule has 1 aromatic rings. The van der Waals surface area contributed by atoms with Gasteiger partial charge in [0.1, 0.15) is 0 Å². The zero-order valence-electron chi connectivity index (χ0n) is 9.04. The summed E-state index contributed by atoms with van der Waals surface area (Å²) in [6, 6.07) is 3.09. The Bertz CT molecular complexity index is 393. The molecule has 7 heteroatoms. The van der Waals surface area contributed by atoms with Crippen molar-refractivity contribution in [1.29, 1.82) is 0 Å². The van der Waals surface area contributed by atoms with Crippen LogP contribution in [0.1, 0.15) is 12.5 Å². The predicted molar refractivity (Wildman–Crippen MR) is 53.3 cm³/mol. The van der Waals surface area contributed by atoms with Crippen LogP contribution in [-0.4, -0.2) is 23.7 Å². The van der Waals surface area contributed by atoms with E-state index in [9.17, 15) is 18.0 Å².